The van der Waals surface area contributed by atoms with Crippen LogP contribution in [-0.2, 0) is 10.0 Å². The quantitative estimate of drug-likeness (QED) is 0.839. The topological polar surface area (TPSA) is 75.6 Å². The Balaban J connectivity index is 2.83. The van der Waals surface area contributed by atoms with Gasteiger partial charge in [0, 0.05) is 6.04 Å². The van der Waals surface area contributed by atoms with Crippen molar-refractivity contribution in [2.24, 2.45) is 5.41 Å². The van der Waals surface area contributed by atoms with Crippen LogP contribution in [0.3, 0.4) is 0 Å². The summed E-state index contributed by atoms with van der Waals surface area (Å²) in [5.41, 5.74) is -0.156. The first-order chi connectivity index (χ1) is 9.16. The molecule has 1 aromatic carbocycles. The summed E-state index contributed by atoms with van der Waals surface area (Å²) in [4.78, 5) is 0.199. The highest BCUT2D eigenvalue weighted by Crippen LogP contribution is 2.22. The van der Waals surface area contributed by atoms with Crippen LogP contribution in [0.25, 0.3) is 0 Å². The van der Waals surface area contributed by atoms with Crippen LogP contribution in [0.15, 0.2) is 29.2 Å². The number of hydrogen-bond acceptors (Lipinski definition) is 4. The number of nitrogens with one attached hydrogen (secondary N) is 1. The predicted octanol–water partition coefficient (Wildman–Crippen LogP) is 1.77. The predicted molar refractivity (Wildman–Crippen MR) is 78.3 cm³/mol. The molecule has 2 N–H and O–H groups in total. The number of benzene rings is 1. The van der Waals surface area contributed by atoms with Crippen molar-refractivity contribution in [3.63, 3.8) is 0 Å². The number of aliphatic hydroxyl groups excluding tert-OH is 1. The van der Waals surface area contributed by atoms with Crippen LogP contribution < -0.4 is 9.46 Å². The first-order valence-electron chi connectivity index (χ1n) is 6.53. The van der Waals surface area contributed by atoms with Gasteiger partial charge in [-0.25, -0.2) is 13.1 Å². The third-order valence-electron chi connectivity index (χ3n) is 3.13. The molecule has 0 aliphatic rings. The molecule has 0 bridgehead atoms. The van der Waals surface area contributed by atoms with E-state index >= 15 is 0 Å². The van der Waals surface area contributed by atoms with Crippen molar-refractivity contribution in [2.45, 2.75) is 38.6 Å². The third kappa shape index (κ3) is 4.77. The largest absolute Gasteiger partial charge is 0.491 e. The molecular weight excluding hydrogens is 278 g/mol. The van der Waals surface area contributed by atoms with Crippen LogP contribution in [0.4, 0.5) is 0 Å². The second-order valence-electron chi connectivity index (χ2n) is 5.75. The normalized spacial score (nSPS) is 14.1. The van der Waals surface area contributed by atoms with Gasteiger partial charge in [-0.2, -0.15) is 0 Å². The Hall–Kier alpha value is -1.11. The van der Waals surface area contributed by atoms with Gasteiger partial charge < -0.3 is 9.84 Å². The summed E-state index contributed by atoms with van der Waals surface area (Å²) >= 11 is 0. The van der Waals surface area contributed by atoms with Gasteiger partial charge >= 0.3 is 0 Å². The molecule has 0 aromatic heterocycles. The zero-order valence-electron chi connectivity index (χ0n) is 12.4. The second-order valence-corrected chi connectivity index (χ2v) is 7.47. The molecule has 0 aliphatic heterocycles. The molecule has 0 amide bonds. The second kappa shape index (κ2) is 6.56. The van der Waals surface area contributed by atoms with E-state index in [9.17, 15) is 8.42 Å². The van der Waals surface area contributed by atoms with Crippen molar-refractivity contribution < 1.29 is 18.3 Å². The van der Waals surface area contributed by atoms with E-state index in [1.54, 1.807) is 12.1 Å². The van der Waals surface area contributed by atoms with Crippen molar-refractivity contribution in [2.75, 3.05) is 13.2 Å². The maximum atomic E-state index is 12.2. The third-order valence-corrected chi connectivity index (χ3v) is 4.68. The molecule has 6 heteroatoms. The van der Waals surface area contributed by atoms with Crippen molar-refractivity contribution >= 4 is 10.0 Å². The van der Waals surface area contributed by atoms with E-state index in [0.29, 0.717) is 5.75 Å². The molecule has 0 spiro atoms. The van der Waals surface area contributed by atoms with E-state index in [-0.39, 0.29) is 29.6 Å². The minimum Gasteiger partial charge on any atom is -0.491 e. The lowest BCUT2D eigenvalue weighted by Gasteiger charge is -2.27. The maximum absolute atomic E-state index is 12.2. The summed E-state index contributed by atoms with van der Waals surface area (Å²) in [7, 11) is -3.53. The van der Waals surface area contributed by atoms with Gasteiger partial charge in [0.1, 0.15) is 12.4 Å². The molecule has 1 rings (SSSR count). The summed E-state index contributed by atoms with van der Waals surface area (Å²) in [6, 6.07) is 5.95. The van der Waals surface area contributed by atoms with Crippen molar-refractivity contribution in [1.29, 1.82) is 0 Å². The van der Waals surface area contributed by atoms with Crippen molar-refractivity contribution in [3.8, 4) is 5.75 Å². The van der Waals surface area contributed by atoms with Gasteiger partial charge in [0.05, 0.1) is 11.5 Å². The molecule has 0 aliphatic carbocycles. The minimum absolute atomic E-state index is 0.0787. The van der Waals surface area contributed by atoms with E-state index in [2.05, 4.69) is 4.72 Å². The SMILES string of the molecule is CC(NS(=O)(=O)c1ccc(OCCO)cc1)C(C)(C)C. The fourth-order valence-electron chi connectivity index (χ4n) is 1.36. The van der Waals surface area contributed by atoms with Crippen LogP contribution in [0, 0.1) is 5.41 Å². The molecule has 114 valence electrons. The molecule has 0 fully saturated rings. The summed E-state index contributed by atoms with van der Waals surface area (Å²) in [5.74, 6) is 0.530. The van der Waals surface area contributed by atoms with Gasteiger partial charge in [0.2, 0.25) is 10.0 Å². The van der Waals surface area contributed by atoms with Gasteiger partial charge in [-0.15, -0.1) is 0 Å². The van der Waals surface area contributed by atoms with Gasteiger partial charge in [-0.3, -0.25) is 0 Å². The number of ether oxygens (including phenoxy) is 1. The van der Waals surface area contributed by atoms with Crippen molar-refractivity contribution in [3.05, 3.63) is 24.3 Å². The molecule has 5 nitrogen and oxygen atoms in total. The molecule has 20 heavy (non-hydrogen) atoms. The molecular formula is C14H23NO4S. The average molecular weight is 301 g/mol. The smallest absolute Gasteiger partial charge is 0.240 e. The molecule has 0 radical (unpaired) electrons. The fraction of sp³-hybridized carbons (Fsp3) is 0.571. The number of rotatable bonds is 6. The zero-order chi connectivity index (χ0) is 15.4. The molecule has 1 unspecified atom stereocenters. The lowest BCUT2D eigenvalue weighted by Crippen LogP contribution is -2.41. The lowest BCUT2D eigenvalue weighted by molar-refractivity contribution is 0.201. The Morgan fingerprint density at radius 3 is 2.25 bits per heavy atom. The lowest BCUT2D eigenvalue weighted by atomic mass is 9.89. The fourth-order valence-corrected chi connectivity index (χ4v) is 2.81. The summed E-state index contributed by atoms with van der Waals surface area (Å²) in [5, 5.41) is 8.66. The first-order valence-corrected chi connectivity index (χ1v) is 8.01. The Labute approximate surface area is 121 Å². The van der Waals surface area contributed by atoms with Crippen LogP contribution >= 0.6 is 0 Å². The highest BCUT2D eigenvalue weighted by atomic mass is 32.2. The number of hydrogen-bond donors (Lipinski definition) is 2. The number of aliphatic hydroxyl groups is 1. The Morgan fingerprint density at radius 1 is 1.25 bits per heavy atom. The summed E-state index contributed by atoms with van der Waals surface area (Å²) in [6.07, 6.45) is 0. The summed E-state index contributed by atoms with van der Waals surface area (Å²) < 4.78 is 32.3. The van der Waals surface area contributed by atoms with Gasteiger partial charge in [-0.05, 0) is 36.6 Å². The molecule has 0 saturated heterocycles. The van der Waals surface area contributed by atoms with E-state index < -0.39 is 10.0 Å². The average Bonchev–Trinajstić information content (AvgIpc) is 2.35. The van der Waals surface area contributed by atoms with Gasteiger partial charge in [-0.1, -0.05) is 20.8 Å². The van der Waals surface area contributed by atoms with E-state index in [4.69, 9.17) is 9.84 Å². The van der Waals surface area contributed by atoms with Crippen molar-refractivity contribution in [1.82, 2.24) is 4.72 Å². The van der Waals surface area contributed by atoms with E-state index in [1.807, 2.05) is 27.7 Å². The van der Waals surface area contributed by atoms with Crippen LogP contribution in [0.2, 0.25) is 0 Å². The highest BCUT2D eigenvalue weighted by Gasteiger charge is 2.25. The first kappa shape index (κ1) is 16.9. The Morgan fingerprint density at radius 2 is 1.80 bits per heavy atom. The Bertz CT molecular complexity index is 517. The Kier molecular flexibility index (Phi) is 5.56. The zero-order valence-corrected chi connectivity index (χ0v) is 13.2. The van der Waals surface area contributed by atoms with Crippen LogP contribution in [-0.4, -0.2) is 32.8 Å². The van der Waals surface area contributed by atoms with Crippen LogP contribution in [0.5, 0.6) is 5.75 Å². The molecule has 0 heterocycles. The van der Waals surface area contributed by atoms with Gasteiger partial charge in [0.15, 0.2) is 0 Å². The minimum atomic E-state index is -3.53. The standard InChI is InChI=1S/C14H23NO4S/c1-11(14(2,3)4)15-20(17,18)13-7-5-12(6-8-13)19-10-9-16/h5-8,11,15-16H,9-10H2,1-4H3. The van der Waals surface area contributed by atoms with Crippen LogP contribution in [0.1, 0.15) is 27.7 Å². The van der Waals surface area contributed by atoms with E-state index in [0.717, 1.165) is 0 Å². The number of sulfonamides is 1. The summed E-state index contributed by atoms with van der Waals surface area (Å²) in [6.45, 7) is 7.89. The molecule has 1 atom stereocenters. The maximum Gasteiger partial charge on any atom is 0.240 e. The highest BCUT2D eigenvalue weighted by molar-refractivity contribution is 7.89. The molecule has 1 aromatic rings. The monoisotopic (exact) mass is 301 g/mol. The van der Waals surface area contributed by atoms with E-state index in [1.165, 1.54) is 12.1 Å². The molecule has 0 saturated carbocycles. The van der Waals surface area contributed by atoms with Gasteiger partial charge in [0.25, 0.3) is 0 Å².